The number of β-amino-alcohol motifs (C(OH)–C–C–N with tert-alkyl or cyclic N) is 1. The van der Waals surface area contributed by atoms with Crippen LogP contribution < -0.4 is 5.32 Å². The molecule has 0 radical (unpaired) electrons. The third-order valence-electron chi connectivity index (χ3n) is 5.77. The summed E-state index contributed by atoms with van der Waals surface area (Å²) in [7, 11) is -3.47. The number of aliphatic hydroxyl groups excluding tert-OH is 1. The Morgan fingerprint density at radius 2 is 1.62 bits per heavy atom. The Hall–Kier alpha value is -1.52. The third-order valence-corrected chi connectivity index (χ3v) is 7.68. The van der Waals surface area contributed by atoms with E-state index in [2.05, 4.69) is 22.0 Å². The second-order valence-corrected chi connectivity index (χ2v) is 9.94. The van der Waals surface area contributed by atoms with Gasteiger partial charge in [0.15, 0.2) is 0 Å². The molecule has 0 aromatic heterocycles. The van der Waals surface area contributed by atoms with Gasteiger partial charge in [-0.25, -0.2) is 8.42 Å². The Balaban J connectivity index is 1.50. The zero-order valence-electron chi connectivity index (χ0n) is 17.1. The molecule has 29 heavy (non-hydrogen) atoms. The number of hydrogen-bond acceptors (Lipinski definition) is 6. The van der Waals surface area contributed by atoms with Crippen LogP contribution >= 0.6 is 0 Å². The Kier molecular flexibility index (Phi) is 7.64. The summed E-state index contributed by atoms with van der Waals surface area (Å²) in [5, 5.41) is 11.8. The highest BCUT2D eigenvalue weighted by molar-refractivity contribution is 7.89. The van der Waals surface area contributed by atoms with Crippen LogP contribution in [0.25, 0.3) is 0 Å². The fourth-order valence-electron chi connectivity index (χ4n) is 3.80. The summed E-state index contributed by atoms with van der Waals surface area (Å²) in [6.45, 7) is 7.68. The van der Waals surface area contributed by atoms with Gasteiger partial charge in [-0.15, -0.1) is 0 Å². The summed E-state index contributed by atoms with van der Waals surface area (Å²) in [5.41, 5.74) is 0.597. The number of carbonyl (C=O) groups excluding carboxylic acids is 1. The number of rotatable bonds is 7. The zero-order valence-corrected chi connectivity index (χ0v) is 17.9. The topological polar surface area (TPSA) is 93.2 Å². The van der Waals surface area contributed by atoms with Crippen molar-refractivity contribution in [1.29, 1.82) is 0 Å². The summed E-state index contributed by atoms with van der Waals surface area (Å²) in [5.74, 6) is 0.456. The number of piperazine rings is 1. The lowest BCUT2D eigenvalue weighted by atomic mass is 10.0. The summed E-state index contributed by atoms with van der Waals surface area (Å²) >= 11 is 0. The summed E-state index contributed by atoms with van der Waals surface area (Å²) in [6, 6.07) is 6.43. The van der Waals surface area contributed by atoms with Crippen LogP contribution in [0.5, 0.6) is 0 Å². The maximum Gasteiger partial charge on any atom is 0.243 e. The highest BCUT2D eigenvalue weighted by Crippen LogP contribution is 2.24. The van der Waals surface area contributed by atoms with Crippen LogP contribution in [0.15, 0.2) is 29.2 Å². The van der Waals surface area contributed by atoms with Gasteiger partial charge in [-0.2, -0.15) is 4.31 Å². The molecule has 2 aliphatic rings. The number of carbonyl (C=O) groups is 1. The molecule has 0 spiro atoms. The number of aliphatic hydroxyl groups is 1. The minimum atomic E-state index is -3.47. The number of nitrogens with zero attached hydrogens (tertiary/aromatic N) is 3. The van der Waals surface area contributed by atoms with E-state index in [1.165, 1.54) is 0 Å². The SMILES string of the molecule is CC1CCN(S(=O)(=O)c2ccc(NC(=O)CN3CCN(CCO)CC3)cc2)CC1. The van der Waals surface area contributed by atoms with E-state index in [-0.39, 0.29) is 17.4 Å². The number of sulfonamides is 1. The number of benzene rings is 1. The predicted molar refractivity (Wildman–Crippen MR) is 112 cm³/mol. The van der Waals surface area contributed by atoms with Crippen LogP contribution in [-0.2, 0) is 14.8 Å². The average Bonchev–Trinajstić information content (AvgIpc) is 2.70. The summed E-state index contributed by atoms with van der Waals surface area (Å²) in [6.07, 6.45) is 1.78. The van der Waals surface area contributed by atoms with Crippen molar-refractivity contribution in [3.8, 4) is 0 Å². The second-order valence-electron chi connectivity index (χ2n) is 8.00. The smallest absolute Gasteiger partial charge is 0.243 e. The van der Waals surface area contributed by atoms with E-state index in [1.54, 1.807) is 28.6 Å². The van der Waals surface area contributed by atoms with Crippen LogP contribution in [-0.4, -0.2) is 92.5 Å². The van der Waals surface area contributed by atoms with E-state index in [0.717, 1.165) is 39.0 Å². The second kappa shape index (κ2) is 9.99. The van der Waals surface area contributed by atoms with Crippen molar-refractivity contribution in [2.45, 2.75) is 24.7 Å². The van der Waals surface area contributed by atoms with Gasteiger partial charge in [0.2, 0.25) is 15.9 Å². The molecular weight excluding hydrogens is 392 g/mol. The van der Waals surface area contributed by atoms with Crippen LogP contribution in [0, 0.1) is 5.92 Å². The highest BCUT2D eigenvalue weighted by Gasteiger charge is 2.28. The molecule has 2 heterocycles. The van der Waals surface area contributed by atoms with Gasteiger partial charge in [0.25, 0.3) is 0 Å². The Morgan fingerprint density at radius 3 is 2.21 bits per heavy atom. The van der Waals surface area contributed by atoms with E-state index < -0.39 is 10.0 Å². The minimum absolute atomic E-state index is 0.110. The molecule has 1 aromatic carbocycles. The average molecular weight is 425 g/mol. The largest absolute Gasteiger partial charge is 0.395 e. The van der Waals surface area contributed by atoms with Crippen molar-refractivity contribution in [2.75, 3.05) is 64.3 Å². The molecule has 2 aliphatic heterocycles. The van der Waals surface area contributed by atoms with Crippen molar-refractivity contribution in [1.82, 2.24) is 14.1 Å². The highest BCUT2D eigenvalue weighted by atomic mass is 32.2. The van der Waals surface area contributed by atoms with Gasteiger partial charge in [-0.3, -0.25) is 14.6 Å². The van der Waals surface area contributed by atoms with Gasteiger partial charge in [0.1, 0.15) is 0 Å². The molecule has 1 aromatic rings. The maximum absolute atomic E-state index is 12.8. The lowest BCUT2D eigenvalue weighted by Crippen LogP contribution is -2.49. The van der Waals surface area contributed by atoms with E-state index in [1.807, 2.05) is 0 Å². The predicted octanol–water partition coefficient (Wildman–Crippen LogP) is 0.656. The first kappa shape index (κ1) is 22.2. The molecule has 8 nitrogen and oxygen atoms in total. The van der Waals surface area contributed by atoms with Crippen molar-refractivity contribution < 1.29 is 18.3 Å². The fraction of sp³-hybridized carbons (Fsp3) is 0.650. The maximum atomic E-state index is 12.8. The number of piperidine rings is 1. The normalized spacial score (nSPS) is 20.6. The number of anilines is 1. The Labute approximate surface area is 173 Å². The fourth-order valence-corrected chi connectivity index (χ4v) is 5.27. The van der Waals surface area contributed by atoms with Gasteiger partial charge in [-0.1, -0.05) is 6.92 Å². The molecule has 0 bridgehead atoms. The Morgan fingerprint density at radius 1 is 1.03 bits per heavy atom. The van der Waals surface area contributed by atoms with Gasteiger partial charge >= 0.3 is 0 Å². The summed E-state index contributed by atoms with van der Waals surface area (Å²) in [4.78, 5) is 16.8. The van der Waals surface area contributed by atoms with Gasteiger partial charge in [-0.05, 0) is 43.0 Å². The van der Waals surface area contributed by atoms with Crippen LogP contribution in [0.4, 0.5) is 5.69 Å². The van der Waals surface area contributed by atoms with Crippen molar-refractivity contribution in [3.05, 3.63) is 24.3 Å². The van der Waals surface area contributed by atoms with E-state index >= 15 is 0 Å². The van der Waals surface area contributed by atoms with Crippen LogP contribution in [0.2, 0.25) is 0 Å². The summed E-state index contributed by atoms with van der Waals surface area (Å²) < 4.78 is 27.1. The lowest BCUT2D eigenvalue weighted by molar-refractivity contribution is -0.117. The molecule has 1 amide bonds. The quantitative estimate of drug-likeness (QED) is 0.668. The first-order valence-corrected chi connectivity index (χ1v) is 11.8. The molecule has 0 aliphatic carbocycles. The molecule has 0 atom stereocenters. The van der Waals surface area contributed by atoms with E-state index in [0.29, 0.717) is 37.8 Å². The van der Waals surface area contributed by atoms with Crippen LogP contribution in [0.3, 0.4) is 0 Å². The molecule has 3 rings (SSSR count). The van der Waals surface area contributed by atoms with Crippen molar-refractivity contribution in [3.63, 3.8) is 0 Å². The molecule has 0 unspecified atom stereocenters. The van der Waals surface area contributed by atoms with E-state index in [4.69, 9.17) is 5.11 Å². The molecule has 162 valence electrons. The molecule has 2 fully saturated rings. The molecule has 0 saturated carbocycles. The molecule has 9 heteroatoms. The first-order valence-electron chi connectivity index (χ1n) is 10.3. The third kappa shape index (κ3) is 5.99. The van der Waals surface area contributed by atoms with Gasteiger partial charge < -0.3 is 10.4 Å². The monoisotopic (exact) mass is 424 g/mol. The molecular formula is C20H32N4O4S. The van der Waals surface area contributed by atoms with Crippen LogP contribution in [0.1, 0.15) is 19.8 Å². The minimum Gasteiger partial charge on any atom is -0.395 e. The first-order chi connectivity index (χ1) is 13.9. The van der Waals surface area contributed by atoms with E-state index in [9.17, 15) is 13.2 Å². The standard InChI is InChI=1S/C20H32N4O4S/c1-17-6-8-24(9-7-17)29(27,28)19-4-2-18(3-5-19)21-20(26)16-23-12-10-22(11-13-23)14-15-25/h2-5,17,25H,6-16H2,1H3,(H,21,26). The molecule has 2 saturated heterocycles. The van der Waals surface area contributed by atoms with Gasteiger partial charge in [0.05, 0.1) is 18.0 Å². The zero-order chi connectivity index (χ0) is 20.9. The Bertz CT molecular complexity index is 768. The lowest BCUT2D eigenvalue weighted by Gasteiger charge is -2.33. The van der Waals surface area contributed by atoms with Crippen molar-refractivity contribution >= 4 is 21.6 Å². The number of amides is 1. The van der Waals surface area contributed by atoms with Crippen molar-refractivity contribution in [2.24, 2.45) is 5.92 Å². The van der Waals surface area contributed by atoms with Gasteiger partial charge in [0, 0.05) is 51.5 Å². The molecule has 2 N–H and O–H groups in total. The number of nitrogens with one attached hydrogen (secondary N) is 1. The number of hydrogen-bond donors (Lipinski definition) is 2.